The Morgan fingerprint density at radius 3 is 2.33 bits per heavy atom. The number of methoxy groups -OCH3 is 1. The first-order valence-corrected chi connectivity index (χ1v) is 11.0. The molecule has 0 aliphatic carbocycles. The molecular weight excluding hydrogens is 408 g/mol. The second kappa shape index (κ2) is 7.92. The number of aromatic nitrogens is 2. The molecule has 164 valence electrons. The molecule has 2 heterocycles. The van der Waals surface area contributed by atoms with E-state index in [1.807, 2.05) is 32.9 Å². The Morgan fingerprint density at radius 2 is 1.87 bits per heavy atom. The number of sulfonamides is 1. The molecule has 9 nitrogen and oxygen atoms in total. The van der Waals surface area contributed by atoms with Crippen LogP contribution in [0.2, 0.25) is 0 Å². The summed E-state index contributed by atoms with van der Waals surface area (Å²) in [5.74, 6) is 0.349. The third kappa shape index (κ3) is 4.15. The fourth-order valence-corrected chi connectivity index (χ4v) is 5.42. The standard InChI is InChI=1S/C20H28N4O5S/c1-20(2,3)24(19(25)26)17-11-23(30(27,28)18-12-22(4)13-21-18)10-16(17)14-6-8-15(29-5)9-7-14/h6-9,12-13,16-17H,10-11H2,1-5H3,(H,25,26)/t16-,17+/m0/s1. The predicted molar refractivity (Wildman–Crippen MR) is 111 cm³/mol. The van der Waals surface area contributed by atoms with E-state index in [0.717, 1.165) is 5.56 Å². The van der Waals surface area contributed by atoms with Gasteiger partial charge in [0.2, 0.25) is 0 Å². The van der Waals surface area contributed by atoms with Crippen molar-refractivity contribution in [3.05, 3.63) is 42.4 Å². The lowest BCUT2D eigenvalue weighted by Crippen LogP contribution is -2.53. The van der Waals surface area contributed by atoms with E-state index in [1.54, 1.807) is 30.9 Å². The van der Waals surface area contributed by atoms with Gasteiger partial charge in [-0.05, 0) is 38.5 Å². The molecule has 0 bridgehead atoms. The summed E-state index contributed by atoms with van der Waals surface area (Å²) in [6.45, 7) is 5.64. The molecule has 0 saturated carbocycles. The smallest absolute Gasteiger partial charge is 0.408 e. The molecule has 1 fully saturated rings. The zero-order chi connectivity index (χ0) is 22.3. The van der Waals surface area contributed by atoms with Gasteiger partial charge >= 0.3 is 6.09 Å². The summed E-state index contributed by atoms with van der Waals surface area (Å²) in [4.78, 5) is 17.5. The number of rotatable bonds is 5. The summed E-state index contributed by atoms with van der Waals surface area (Å²) in [7, 11) is -0.583. The molecule has 0 unspecified atom stereocenters. The predicted octanol–water partition coefficient (Wildman–Crippen LogP) is 2.36. The molecule has 0 spiro atoms. The van der Waals surface area contributed by atoms with Crippen LogP contribution in [0.1, 0.15) is 32.3 Å². The van der Waals surface area contributed by atoms with Crippen molar-refractivity contribution in [3.63, 3.8) is 0 Å². The molecular formula is C20H28N4O5S. The Labute approximate surface area is 176 Å². The fraction of sp³-hybridized carbons (Fsp3) is 0.500. The largest absolute Gasteiger partial charge is 0.497 e. The lowest BCUT2D eigenvalue weighted by molar-refractivity contribution is 0.0695. The summed E-state index contributed by atoms with van der Waals surface area (Å²) in [6.07, 6.45) is 1.80. The van der Waals surface area contributed by atoms with Gasteiger partial charge in [-0.25, -0.2) is 18.2 Å². The molecule has 2 aromatic rings. The topological polar surface area (TPSA) is 105 Å². The third-order valence-corrected chi connectivity index (χ3v) is 7.06. The van der Waals surface area contributed by atoms with Gasteiger partial charge in [0.15, 0.2) is 5.03 Å². The summed E-state index contributed by atoms with van der Waals surface area (Å²) in [5, 5.41) is 9.90. The molecule has 2 atom stereocenters. The quantitative estimate of drug-likeness (QED) is 0.772. The van der Waals surface area contributed by atoms with E-state index in [0.29, 0.717) is 5.75 Å². The van der Waals surface area contributed by atoms with E-state index >= 15 is 0 Å². The summed E-state index contributed by atoms with van der Waals surface area (Å²) in [6, 6.07) is 6.76. The van der Waals surface area contributed by atoms with Gasteiger partial charge in [-0.1, -0.05) is 12.1 Å². The van der Waals surface area contributed by atoms with Crippen LogP contribution in [0.15, 0.2) is 41.8 Å². The number of benzene rings is 1. The molecule has 30 heavy (non-hydrogen) atoms. The molecule has 1 saturated heterocycles. The molecule has 10 heteroatoms. The maximum Gasteiger partial charge on any atom is 0.408 e. The molecule has 1 aromatic carbocycles. The van der Waals surface area contributed by atoms with Crippen molar-refractivity contribution < 1.29 is 23.1 Å². The van der Waals surface area contributed by atoms with E-state index in [-0.39, 0.29) is 24.0 Å². The second-order valence-electron chi connectivity index (χ2n) is 8.47. The van der Waals surface area contributed by atoms with Gasteiger partial charge in [-0.15, -0.1) is 0 Å². The van der Waals surface area contributed by atoms with Gasteiger partial charge in [0.05, 0.1) is 19.5 Å². The SMILES string of the molecule is COc1ccc([C@@H]2CN(S(=O)(=O)c3cn(C)cn3)C[C@H]2N(C(=O)O)C(C)(C)C)cc1. The maximum absolute atomic E-state index is 13.2. The van der Waals surface area contributed by atoms with E-state index in [9.17, 15) is 18.3 Å². The van der Waals surface area contributed by atoms with Gasteiger partial charge < -0.3 is 14.4 Å². The number of amides is 1. The number of imidazole rings is 1. The van der Waals surface area contributed by atoms with Gasteiger partial charge in [0, 0.05) is 37.8 Å². The minimum absolute atomic E-state index is 0.0447. The Bertz CT molecular complexity index is 1010. The number of carbonyl (C=O) groups is 1. The highest BCUT2D eigenvalue weighted by atomic mass is 32.2. The molecule has 1 aromatic heterocycles. The second-order valence-corrected chi connectivity index (χ2v) is 10.4. The first-order valence-electron chi connectivity index (χ1n) is 9.59. The first-order chi connectivity index (χ1) is 13.9. The highest BCUT2D eigenvalue weighted by Crippen LogP contribution is 2.37. The Hall–Kier alpha value is -2.59. The van der Waals surface area contributed by atoms with Crippen LogP contribution in [-0.2, 0) is 17.1 Å². The average molecular weight is 437 g/mol. The molecule has 1 aliphatic heterocycles. The van der Waals surface area contributed by atoms with E-state index in [2.05, 4.69) is 4.98 Å². The summed E-state index contributed by atoms with van der Waals surface area (Å²) in [5.41, 5.74) is 0.154. The zero-order valence-corrected chi connectivity index (χ0v) is 18.6. The van der Waals surface area contributed by atoms with Crippen molar-refractivity contribution in [2.75, 3.05) is 20.2 Å². The Kier molecular flexibility index (Phi) is 5.83. The lowest BCUT2D eigenvalue weighted by atomic mass is 9.90. The first kappa shape index (κ1) is 22.1. The van der Waals surface area contributed by atoms with Crippen molar-refractivity contribution in [3.8, 4) is 5.75 Å². The highest BCUT2D eigenvalue weighted by molar-refractivity contribution is 7.89. The number of nitrogens with zero attached hydrogens (tertiary/aromatic N) is 4. The minimum atomic E-state index is -3.85. The van der Waals surface area contributed by atoms with Crippen LogP contribution in [0, 0.1) is 0 Å². The minimum Gasteiger partial charge on any atom is -0.497 e. The number of hydrogen-bond donors (Lipinski definition) is 1. The molecule has 1 aliphatic rings. The van der Waals surface area contributed by atoms with E-state index in [1.165, 1.54) is 21.7 Å². The Balaban J connectivity index is 2.03. The van der Waals surface area contributed by atoms with Crippen molar-refractivity contribution in [2.45, 2.75) is 43.3 Å². The number of hydrogen-bond acceptors (Lipinski definition) is 5. The normalized spacial score (nSPS) is 20.3. The number of aryl methyl sites for hydroxylation is 1. The van der Waals surface area contributed by atoms with Crippen molar-refractivity contribution in [1.29, 1.82) is 0 Å². The molecule has 1 amide bonds. The monoisotopic (exact) mass is 436 g/mol. The van der Waals surface area contributed by atoms with E-state index < -0.39 is 27.7 Å². The molecule has 0 radical (unpaired) electrons. The van der Waals surface area contributed by atoms with Crippen LogP contribution in [0.5, 0.6) is 5.75 Å². The Morgan fingerprint density at radius 1 is 1.23 bits per heavy atom. The number of ether oxygens (including phenoxy) is 1. The third-order valence-electron chi connectivity index (χ3n) is 5.35. The van der Waals surface area contributed by atoms with Gasteiger partial charge in [0.25, 0.3) is 10.0 Å². The van der Waals surface area contributed by atoms with Crippen LogP contribution in [-0.4, -0.2) is 70.2 Å². The van der Waals surface area contributed by atoms with Gasteiger partial charge in [-0.2, -0.15) is 4.31 Å². The molecule has 3 rings (SSSR count). The van der Waals surface area contributed by atoms with Crippen LogP contribution in [0.25, 0.3) is 0 Å². The van der Waals surface area contributed by atoms with Crippen LogP contribution in [0.3, 0.4) is 0 Å². The van der Waals surface area contributed by atoms with Crippen molar-refractivity contribution in [2.24, 2.45) is 7.05 Å². The van der Waals surface area contributed by atoms with Gasteiger partial charge in [-0.3, -0.25) is 4.90 Å². The van der Waals surface area contributed by atoms with Gasteiger partial charge in [0.1, 0.15) is 5.75 Å². The maximum atomic E-state index is 13.2. The van der Waals surface area contributed by atoms with Crippen LogP contribution >= 0.6 is 0 Å². The summed E-state index contributed by atoms with van der Waals surface area (Å²) < 4.78 is 34.5. The lowest BCUT2D eigenvalue weighted by Gasteiger charge is -2.40. The van der Waals surface area contributed by atoms with Crippen molar-refractivity contribution in [1.82, 2.24) is 18.8 Å². The highest BCUT2D eigenvalue weighted by Gasteiger charge is 2.47. The zero-order valence-electron chi connectivity index (χ0n) is 17.8. The number of carboxylic acid groups (broad SMARTS) is 1. The summed E-state index contributed by atoms with van der Waals surface area (Å²) >= 11 is 0. The fourth-order valence-electron chi connectivity index (χ4n) is 3.97. The average Bonchev–Trinajstić information content (AvgIpc) is 3.28. The van der Waals surface area contributed by atoms with Crippen LogP contribution < -0.4 is 4.74 Å². The molecule has 1 N–H and O–H groups in total. The van der Waals surface area contributed by atoms with Crippen LogP contribution in [0.4, 0.5) is 4.79 Å². The van der Waals surface area contributed by atoms with Crippen molar-refractivity contribution >= 4 is 16.1 Å². The van der Waals surface area contributed by atoms with E-state index in [4.69, 9.17) is 4.74 Å².